The van der Waals surface area contributed by atoms with Crippen LogP contribution in [-0.4, -0.2) is 74.9 Å². The quantitative estimate of drug-likeness (QED) is 0.388. The number of carbonyl (C=O) groups is 2. The van der Waals surface area contributed by atoms with Gasteiger partial charge in [-0.2, -0.15) is 0 Å². The first-order valence-corrected chi connectivity index (χ1v) is 9.89. The third-order valence-corrected chi connectivity index (χ3v) is 5.18. The normalized spacial score (nSPS) is 30.8. The van der Waals surface area contributed by atoms with Gasteiger partial charge in [-0.25, -0.2) is 4.79 Å². The first-order valence-electron chi connectivity index (χ1n) is 9.89. The topological polar surface area (TPSA) is 98.8 Å². The Bertz CT molecular complexity index is 589. The summed E-state index contributed by atoms with van der Waals surface area (Å²) >= 11 is 0. The maximum Gasteiger partial charge on any atom is 0.337 e. The predicted octanol–water partition coefficient (Wildman–Crippen LogP) is 1.81. The Labute approximate surface area is 172 Å². The lowest BCUT2D eigenvalue weighted by molar-refractivity contribution is -0.255. The van der Waals surface area contributed by atoms with Gasteiger partial charge in [-0.3, -0.25) is 4.79 Å². The van der Waals surface area contributed by atoms with Crippen LogP contribution in [0.25, 0.3) is 0 Å². The molecule has 0 aromatic heterocycles. The monoisotopic (exact) mass is 418 g/mol. The molecule has 2 heterocycles. The molecule has 4 unspecified atom stereocenters. The summed E-state index contributed by atoms with van der Waals surface area (Å²) in [5.74, 6) is -1.89. The summed E-state index contributed by atoms with van der Waals surface area (Å²) in [6, 6.07) is 0. The molecule has 9 nitrogen and oxygen atoms in total. The van der Waals surface area contributed by atoms with Crippen molar-refractivity contribution in [3.05, 3.63) is 0 Å². The molecular weight excluding hydrogens is 384 g/mol. The number of rotatable bonds is 10. The molecule has 0 amide bonds. The zero-order valence-corrected chi connectivity index (χ0v) is 18.4. The van der Waals surface area contributed by atoms with Gasteiger partial charge in [0, 0.05) is 33.0 Å². The Kier molecular flexibility index (Phi) is 7.67. The van der Waals surface area contributed by atoms with E-state index in [9.17, 15) is 9.59 Å². The maximum absolute atomic E-state index is 12.4. The van der Waals surface area contributed by atoms with Gasteiger partial charge in [0.25, 0.3) is 0 Å². The van der Waals surface area contributed by atoms with E-state index in [1.165, 1.54) is 6.92 Å². The Morgan fingerprint density at radius 1 is 1.03 bits per heavy atom. The fourth-order valence-electron chi connectivity index (χ4n) is 3.32. The molecule has 2 fully saturated rings. The van der Waals surface area contributed by atoms with Crippen molar-refractivity contribution >= 4 is 11.9 Å². The molecule has 29 heavy (non-hydrogen) atoms. The number of fused-ring (bicyclic) bond motifs is 1. The van der Waals surface area contributed by atoms with E-state index >= 15 is 0 Å². The molecule has 0 spiro atoms. The van der Waals surface area contributed by atoms with E-state index in [1.54, 1.807) is 21.0 Å². The minimum atomic E-state index is -1.21. The highest BCUT2D eigenvalue weighted by Gasteiger charge is 2.61. The summed E-state index contributed by atoms with van der Waals surface area (Å²) in [6.07, 6.45) is -0.348. The van der Waals surface area contributed by atoms with E-state index in [0.717, 1.165) is 0 Å². The summed E-state index contributed by atoms with van der Waals surface area (Å²) in [7, 11) is 1.59. The van der Waals surface area contributed by atoms with E-state index in [1.807, 2.05) is 20.8 Å². The van der Waals surface area contributed by atoms with Gasteiger partial charge in [-0.1, -0.05) is 6.92 Å². The van der Waals surface area contributed by atoms with Crippen molar-refractivity contribution in [1.82, 2.24) is 0 Å². The number of carbonyl (C=O) groups excluding carboxylic acids is 2. The highest BCUT2D eigenvalue weighted by Crippen LogP contribution is 2.46. The van der Waals surface area contributed by atoms with Crippen LogP contribution in [0.2, 0.25) is 0 Å². The van der Waals surface area contributed by atoms with Gasteiger partial charge in [0.05, 0.1) is 13.2 Å². The molecule has 168 valence electrons. The molecule has 0 aromatic carbocycles. The highest BCUT2D eigenvalue weighted by atomic mass is 16.8. The summed E-state index contributed by atoms with van der Waals surface area (Å²) in [4.78, 5) is 23.8. The average molecular weight is 418 g/mol. The largest absolute Gasteiger partial charge is 0.463 e. The van der Waals surface area contributed by atoms with E-state index in [-0.39, 0.29) is 31.8 Å². The van der Waals surface area contributed by atoms with Crippen LogP contribution in [0.1, 0.15) is 48.0 Å². The smallest absolute Gasteiger partial charge is 0.337 e. The molecular formula is C20H34O9. The van der Waals surface area contributed by atoms with E-state index in [2.05, 4.69) is 0 Å². The molecule has 0 N–H and O–H groups in total. The standard InChI is InChI=1S/C20H34O9/c1-13-15-16(28-19(5,6)27-15)29-20(13,11-25-14(2)21)12-26-18(3,4)17(22)24-10-8-9-23-7/h13,15-16H,8-12H2,1-7H3. The molecule has 2 rings (SSSR count). The third-order valence-electron chi connectivity index (χ3n) is 5.18. The van der Waals surface area contributed by atoms with E-state index in [4.69, 9.17) is 33.2 Å². The van der Waals surface area contributed by atoms with Crippen molar-refractivity contribution in [3.8, 4) is 0 Å². The zero-order valence-electron chi connectivity index (χ0n) is 18.4. The van der Waals surface area contributed by atoms with Crippen molar-refractivity contribution in [2.75, 3.05) is 33.5 Å². The second-order valence-corrected chi connectivity index (χ2v) is 8.50. The molecule has 0 bridgehead atoms. The predicted molar refractivity (Wildman–Crippen MR) is 101 cm³/mol. The van der Waals surface area contributed by atoms with E-state index in [0.29, 0.717) is 13.0 Å². The fraction of sp³-hybridized carbons (Fsp3) is 0.900. The van der Waals surface area contributed by atoms with Crippen LogP contribution >= 0.6 is 0 Å². The van der Waals surface area contributed by atoms with Gasteiger partial charge in [0.1, 0.15) is 18.3 Å². The zero-order chi connectivity index (χ0) is 21.9. The Morgan fingerprint density at radius 2 is 1.72 bits per heavy atom. The second kappa shape index (κ2) is 9.26. The van der Waals surface area contributed by atoms with Crippen molar-refractivity contribution in [1.29, 1.82) is 0 Å². The first kappa shape index (κ1) is 24.0. The molecule has 4 atom stereocenters. The molecule has 2 aliphatic rings. The van der Waals surface area contributed by atoms with Crippen molar-refractivity contribution < 1.29 is 42.7 Å². The van der Waals surface area contributed by atoms with Crippen molar-refractivity contribution in [2.24, 2.45) is 5.92 Å². The fourth-order valence-corrected chi connectivity index (χ4v) is 3.32. The third kappa shape index (κ3) is 5.88. The minimum Gasteiger partial charge on any atom is -0.463 e. The molecule has 0 aliphatic carbocycles. The van der Waals surface area contributed by atoms with Gasteiger partial charge < -0.3 is 33.2 Å². The Balaban J connectivity index is 2.04. The van der Waals surface area contributed by atoms with Gasteiger partial charge >= 0.3 is 11.9 Å². The molecule has 0 radical (unpaired) electrons. The molecule has 0 saturated carbocycles. The van der Waals surface area contributed by atoms with Crippen LogP contribution < -0.4 is 0 Å². The second-order valence-electron chi connectivity index (χ2n) is 8.50. The molecule has 2 saturated heterocycles. The average Bonchev–Trinajstić information content (AvgIpc) is 3.05. The first-order chi connectivity index (χ1) is 13.4. The van der Waals surface area contributed by atoms with Crippen molar-refractivity contribution in [2.45, 2.75) is 77.3 Å². The maximum atomic E-state index is 12.4. The summed E-state index contributed by atoms with van der Waals surface area (Å²) in [6.45, 7) is 10.8. The summed E-state index contributed by atoms with van der Waals surface area (Å²) in [5, 5.41) is 0. The highest BCUT2D eigenvalue weighted by molar-refractivity contribution is 5.78. The number of esters is 2. The SMILES string of the molecule is COCCCOC(=O)C(C)(C)OCC1(COC(C)=O)OC2OC(C)(C)OC2C1C. The van der Waals surface area contributed by atoms with Crippen LogP contribution in [0.3, 0.4) is 0 Å². The number of hydrogen-bond acceptors (Lipinski definition) is 9. The molecule has 2 aliphatic heterocycles. The molecule has 9 heteroatoms. The number of ether oxygens (including phenoxy) is 7. The van der Waals surface area contributed by atoms with Crippen LogP contribution in [0.5, 0.6) is 0 Å². The van der Waals surface area contributed by atoms with Crippen LogP contribution in [0.4, 0.5) is 0 Å². The van der Waals surface area contributed by atoms with Crippen LogP contribution in [0, 0.1) is 5.92 Å². The number of hydrogen-bond donors (Lipinski definition) is 0. The summed E-state index contributed by atoms with van der Waals surface area (Å²) in [5.41, 5.74) is -2.22. The summed E-state index contributed by atoms with van der Waals surface area (Å²) < 4.78 is 39.3. The Hall–Kier alpha value is -1.26. The van der Waals surface area contributed by atoms with Crippen LogP contribution in [-0.2, 0) is 42.7 Å². The van der Waals surface area contributed by atoms with Gasteiger partial charge in [-0.05, 0) is 27.7 Å². The van der Waals surface area contributed by atoms with Gasteiger partial charge in [-0.15, -0.1) is 0 Å². The lowest BCUT2D eigenvalue weighted by Crippen LogP contribution is -2.51. The number of methoxy groups -OCH3 is 1. The van der Waals surface area contributed by atoms with Crippen LogP contribution in [0.15, 0.2) is 0 Å². The lowest BCUT2D eigenvalue weighted by Gasteiger charge is -2.36. The lowest BCUT2D eigenvalue weighted by atomic mass is 9.88. The minimum absolute atomic E-state index is 0.00175. The Morgan fingerprint density at radius 3 is 2.31 bits per heavy atom. The van der Waals surface area contributed by atoms with Crippen molar-refractivity contribution in [3.63, 3.8) is 0 Å². The molecule has 0 aromatic rings. The van der Waals surface area contributed by atoms with Gasteiger partial charge in [0.15, 0.2) is 17.7 Å². The van der Waals surface area contributed by atoms with E-state index < -0.39 is 35.2 Å². The van der Waals surface area contributed by atoms with Gasteiger partial charge in [0.2, 0.25) is 0 Å².